The first-order valence-corrected chi connectivity index (χ1v) is 10.2. The summed E-state index contributed by atoms with van der Waals surface area (Å²) in [6.07, 6.45) is 1.97. The molecule has 0 radical (unpaired) electrons. The van der Waals surface area contributed by atoms with Crippen LogP contribution in [0.4, 0.5) is 0 Å². The van der Waals surface area contributed by atoms with Crippen LogP contribution in [0.25, 0.3) is 0 Å². The molecule has 1 aliphatic rings. The standard InChI is InChI=1S/C17H24N4OS2/c1-11-7-12(2)10-21(9-11)16(22)13(3)24-17-18-15(19-20-17)8-14-5-4-6-23-14/h4-6,11-13H,7-10H2,1-3H3,(H,18,19,20). The van der Waals surface area contributed by atoms with Crippen LogP contribution in [0.2, 0.25) is 0 Å². The Kier molecular flexibility index (Phi) is 5.61. The van der Waals surface area contributed by atoms with Gasteiger partial charge in [0, 0.05) is 24.4 Å². The highest BCUT2D eigenvalue weighted by Crippen LogP contribution is 2.26. The molecule has 0 saturated carbocycles. The first kappa shape index (κ1) is 17.5. The van der Waals surface area contributed by atoms with Gasteiger partial charge in [0.05, 0.1) is 5.25 Å². The van der Waals surface area contributed by atoms with Crippen molar-refractivity contribution in [1.29, 1.82) is 0 Å². The molecule has 130 valence electrons. The van der Waals surface area contributed by atoms with Crippen LogP contribution in [0.5, 0.6) is 0 Å². The van der Waals surface area contributed by atoms with Gasteiger partial charge in [-0.2, -0.15) is 0 Å². The second-order valence-corrected chi connectivity index (χ2v) is 9.11. The molecule has 1 amide bonds. The van der Waals surface area contributed by atoms with Gasteiger partial charge in [0.2, 0.25) is 11.1 Å². The zero-order valence-electron chi connectivity index (χ0n) is 14.4. The Balaban J connectivity index is 1.57. The van der Waals surface area contributed by atoms with Gasteiger partial charge in [-0.05, 0) is 36.6 Å². The van der Waals surface area contributed by atoms with E-state index < -0.39 is 0 Å². The normalized spacial score (nSPS) is 22.5. The molecular formula is C17H24N4OS2. The second kappa shape index (κ2) is 7.70. The molecule has 1 saturated heterocycles. The zero-order valence-corrected chi connectivity index (χ0v) is 16.0. The summed E-state index contributed by atoms with van der Waals surface area (Å²) >= 11 is 3.15. The molecule has 3 rings (SSSR count). The number of likely N-dealkylation sites (tertiary alicyclic amines) is 1. The molecule has 3 atom stereocenters. The number of hydrogen-bond acceptors (Lipinski definition) is 5. The third kappa shape index (κ3) is 4.39. The van der Waals surface area contributed by atoms with E-state index in [9.17, 15) is 4.79 Å². The third-order valence-electron chi connectivity index (χ3n) is 4.24. The number of rotatable bonds is 5. The summed E-state index contributed by atoms with van der Waals surface area (Å²) in [6, 6.07) is 4.12. The van der Waals surface area contributed by atoms with Gasteiger partial charge in [0.25, 0.3) is 0 Å². The Labute approximate surface area is 151 Å². The minimum Gasteiger partial charge on any atom is -0.341 e. The van der Waals surface area contributed by atoms with E-state index in [0.717, 1.165) is 25.3 Å². The number of H-pyrrole nitrogens is 1. The lowest BCUT2D eigenvalue weighted by atomic mass is 9.92. The van der Waals surface area contributed by atoms with Crippen molar-refractivity contribution in [2.45, 2.75) is 44.0 Å². The Morgan fingerprint density at radius 2 is 2.21 bits per heavy atom. The van der Waals surface area contributed by atoms with Crippen LogP contribution in [0, 0.1) is 11.8 Å². The number of thioether (sulfide) groups is 1. The summed E-state index contributed by atoms with van der Waals surface area (Å²) in [7, 11) is 0. The molecule has 5 nitrogen and oxygen atoms in total. The minimum atomic E-state index is -0.159. The van der Waals surface area contributed by atoms with E-state index >= 15 is 0 Å². The van der Waals surface area contributed by atoms with E-state index in [2.05, 4.69) is 40.5 Å². The third-order valence-corrected chi connectivity index (χ3v) is 6.07. The number of carbonyl (C=O) groups excluding carboxylic acids is 1. The molecule has 3 heterocycles. The second-order valence-electron chi connectivity index (χ2n) is 6.77. The number of carbonyl (C=O) groups is 1. The van der Waals surface area contributed by atoms with Gasteiger partial charge in [0.15, 0.2) is 0 Å². The fourth-order valence-electron chi connectivity index (χ4n) is 3.30. The topological polar surface area (TPSA) is 61.9 Å². The first-order chi connectivity index (χ1) is 11.5. The number of nitrogens with zero attached hydrogens (tertiary/aromatic N) is 3. The van der Waals surface area contributed by atoms with Crippen LogP contribution in [0.15, 0.2) is 22.7 Å². The van der Waals surface area contributed by atoms with Gasteiger partial charge in [-0.25, -0.2) is 4.98 Å². The van der Waals surface area contributed by atoms with E-state index in [4.69, 9.17) is 0 Å². The smallest absolute Gasteiger partial charge is 0.235 e. The number of hydrogen-bond donors (Lipinski definition) is 1. The molecule has 2 aromatic heterocycles. The van der Waals surface area contributed by atoms with Crippen LogP contribution in [-0.4, -0.2) is 44.3 Å². The largest absolute Gasteiger partial charge is 0.341 e. The van der Waals surface area contributed by atoms with Crippen molar-refractivity contribution in [2.24, 2.45) is 11.8 Å². The molecule has 7 heteroatoms. The van der Waals surface area contributed by atoms with Crippen LogP contribution in [0.1, 0.15) is 37.9 Å². The summed E-state index contributed by atoms with van der Waals surface area (Å²) in [4.78, 5) is 20.5. The Morgan fingerprint density at radius 1 is 1.46 bits per heavy atom. The maximum atomic E-state index is 12.7. The Morgan fingerprint density at radius 3 is 2.88 bits per heavy atom. The molecule has 1 fully saturated rings. The predicted octanol–water partition coefficient (Wildman–Crippen LogP) is 3.44. The predicted molar refractivity (Wildman–Crippen MR) is 98.4 cm³/mol. The van der Waals surface area contributed by atoms with Crippen molar-refractivity contribution in [1.82, 2.24) is 20.1 Å². The maximum absolute atomic E-state index is 12.7. The van der Waals surface area contributed by atoms with Gasteiger partial charge in [-0.15, -0.1) is 16.4 Å². The number of aromatic nitrogens is 3. The van der Waals surface area contributed by atoms with E-state index in [1.165, 1.54) is 23.1 Å². The van der Waals surface area contributed by atoms with Crippen molar-refractivity contribution < 1.29 is 4.79 Å². The lowest BCUT2D eigenvalue weighted by molar-refractivity contribution is -0.132. The molecule has 2 aromatic rings. The number of piperidine rings is 1. The van der Waals surface area contributed by atoms with E-state index in [0.29, 0.717) is 17.0 Å². The molecule has 0 aliphatic carbocycles. The van der Waals surface area contributed by atoms with E-state index in [-0.39, 0.29) is 11.2 Å². The van der Waals surface area contributed by atoms with Gasteiger partial charge in [0.1, 0.15) is 5.82 Å². The highest BCUT2D eigenvalue weighted by molar-refractivity contribution is 8.00. The number of amides is 1. The number of aromatic amines is 1. The van der Waals surface area contributed by atoms with Crippen molar-refractivity contribution in [3.05, 3.63) is 28.2 Å². The molecular weight excluding hydrogens is 340 g/mol. The molecule has 0 bridgehead atoms. The monoisotopic (exact) mass is 364 g/mol. The first-order valence-electron chi connectivity index (χ1n) is 8.40. The van der Waals surface area contributed by atoms with E-state index in [1.807, 2.05) is 17.9 Å². The molecule has 24 heavy (non-hydrogen) atoms. The Hall–Kier alpha value is -1.34. The molecule has 1 aliphatic heterocycles. The van der Waals surface area contributed by atoms with Crippen molar-refractivity contribution in [3.63, 3.8) is 0 Å². The molecule has 0 spiro atoms. The van der Waals surface area contributed by atoms with Gasteiger partial charge in [-0.1, -0.05) is 31.7 Å². The van der Waals surface area contributed by atoms with Crippen LogP contribution in [-0.2, 0) is 11.2 Å². The maximum Gasteiger partial charge on any atom is 0.235 e. The summed E-state index contributed by atoms with van der Waals surface area (Å²) in [5.41, 5.74) is 0. The summed E-state index contributed by atoms with van der Waals surface area (Å²) < 4.78 is 0. The average Bonchev–Trinajstić information content (AvgIpc) is 3.18. The zero-order chi connectivity index (χ0) is 17.1. The minimum absolute atomic E-state index is 0.159. The van der Waals surface area contributed by atoms with Crippen molar-refractivity contribution in [3.8, 4) is 0 Å². The van der Waals surface area contributed by atoms with Crippen molar-refractivity contribution >= 4 is 29.0 Å². The van der Waals surface area contributed by atoms with Gasteiger partial charge in [-0.3, -0.25) is 9.89 Å². The summed E-state index contributed by atoms with van der Waals surface area (Å²) in [5, 5.41) is 9.79. The lowest BCUT2D eigenvalue weighted by Crippen LogP contribution is -2.45. The fourth-order valence-corrected chi connectivity index (χ4v) is 4.83. The highest BCUT2D eigenvalue weighted by Gasteiger charge is 2.29. The van der Waals surface area contributed by atoms with Crippen LogP contribution < -0.4 is 0 Å². The SMILES string of the molecule is CC1CC(C)CN(C(=O)C(C)Sc2n[nH]c(Cc3cccs3)n2)C1. The molecule has 1 N–H and O–H groups in total. The molecule has 3 unspecified atom stereocenters. The van der Waals surface area contributed by atoms with Crippen molar-refractivity contribution in [2.75, 3.05) is 13.1 Å². The van der Waals surface area contributed by atoms with Gasteiger partial charge < -0.3 is 4.90 Å². The fraction of sp³-hybridized carbons (Fsp3) is 0.588. The summed E-state index contributed by atoms with van der Waals surface area (Å²) in [6.45, 7) is 8.13. The van der Waals surface area contributed by atoms with Crippen LogP contribution in [0.3, 0.4) is 0 Å². The number of nitrogens with one attached hydrogen (secondary N) is 1. The summed E-state index contributed by atoms with van der Waals surface area (Å²) in [5.74, 6) is 2.20. The van der Waals surface area contributed by atoms with Crippen LogP contribution >= 0.6 is 23.1 Å². The number of thiophene rings is 1. The molecule has 0 aromatic carbocycles. The Bertz CT molecular complexity index is 660. The van der Waals surface area contributed by atoms with Gasteiger partial charge >= 0.3 is 0 Å². The quantitative estimate of drug-likeness (QED) is 0.826. The highest BCUT2D eigenvalue weighted by atomic mass is 32.2. The van der Waals surface area contributed by atoms with E-state index in [1.54, 1.807) is 11.3 Å². The average molecular weight is 365 g/mol. The lowest BCUT2D eigenvalue weighted by Gasteiger charge is -2.36.